The molecule has 2 aromatic carbocycles. The zero-order chi connectivity index (χ0) is 19.0. The molecule has 2 rings (SSSR count). The third kappa shape index (κ3) is 5.94. The lowest BCUT2D eigenvalue weighted by Crippen LogP contribution is -2.09. The number of aromatic carboxylic acids is 1. The van der Waals surface area contributed by atoms with Gasteiger partial charge in [0.15, 0.2) is 0 Å². The predicted octanol–water partition coefficient (Wildman–Crippen LogP) is 1.97. The van der Waals surface area contributed by atoms with E-state index < -0.39 is 11.9 Å². The van der Waals surface area contributed by atoms with Crippen molar-refractivity contribution in [2.24, 2.45) is 0 Å². The standard InChI is InChI=1S/C10H14N2O2.C7H8N2O2/c1-2-5-14-10(13)8-4-3-7(11)6-9(8)12;8-4-1-2-5(7(10)11)6(9)3-4/h3-4,6H,2,5,11-12H2,1H3;1-3H,8-9H2,(H,10,11). The number of ether oxygens (including phenoxy) is 1. The molecular formula is C17H22N4O4. The van der Waals surface area contributed by atoms with Crippen LogP contribution in [0.15, 0.2) is 36.4 Å². The first-order chi connectivity index (χ1) is 11.8. The smallest absolute Gasteiger partial charge is 0.340 e. The molecule has 0 fully saturated rings. The molecular weight excluding hydrogens is 324 g/mol. The van der Waals surface area contributed by atoms with E-state index >= 15 is 0 Å². The molecule has 2 aromatic rings. The van der Waals surface area contributed by atoms with E-state index in [0.717, 1.165) is 6.42 Å². The second-order valence-corrected chi connectivity index (χ2v) is 5.13. The fraction of sp³-hybridized carbons (Fsp3) is 0.176. The quantitative estimate of drug-likeness (QED) is 0.413. The number of nitrogens with two attached hydrogens (primary N) is 4. The van der Waals surface area contributed by atoms with Gasteiger partial charge in [-0.3, -0.25) is 0 Å². The molecule has 0 bridgehead atoms. The molecule has 0 heterocycles. The van der Waals surface area contributed by atoms with Crippen LogP contribution in [-0.2, 0) is 4.74 Å². The number of carboxylic acids is 1. The highest BCUT2D eigenvalue weighted by molar-refractivity contribution is 5.95. The molecule has 0 aliphatic heterocycles. The van der Waals surface area contributed by atoms with Crippen molar-refractivity contribution >= 4 is 34.7 Å². The van der Waals surface area contributed by atoms with Crippen LogP contribution in [0.1, 0.15) is 34.1 Å². The number of nitrogen functional groups attached to an aromatic ring is 4. The van der Waals surface area contributed by atoms with E-state index in [-0.39, 0.29) is 11.3 Å². The van der Waals surface area contributed by atoms with Gasteiger partial charge in [-0.2, -0.15) is 0 Å². The number of carbonyl (C=O) groups excluding carboxylic acids is 1. The Balaban J connectivity index is 0.000000257. The Labute approximate surface area is 145 Å². The van der Waals surface area contributed by atoms with Crippen LogP contribution < -0.4 is 22.9 Å². The van der Waals surface area contributed by atoms with E-state index in [1.54, 1.807) is 18.2 Å². The van der Waals surface area contributed by atoms with Crippen LogP contribution in [0.25, 0.3) is 0 Å². The zero-order valence-corrected chi connectivity index (χ0v) is 13.9. The van der Waals surface area contributed by atoms with E-state index in [1.165, 1.54) is 18.2 Å². The molecule has 134 valence electrons. The van der Waals surface area contributed by atoms with Crippen LogP contribution >= 0.6 is 0 Å². The van der Waals surface area contributed by atoms with Crippen LogP contribution in [0.5, 0.6) is 0 Å². The van der Waals surface area contributed by atoms with Crippen molar-refractivity contribution in [1.82, 2.24) is 0 Å². The van der Waals surface area contributed by atoms with Crippen molar-refractivity contribution < 1.29 is 19.4 Å². The molecule has 0 saturated carbocycles. The summed E-state index contributed by atoms with van der Waals surface area (Å²) in [6.45, 7) is 2.34. The first-order valence-electron chi connectivity index (χ1n) is 7.46. The fourth-order valence-electron chi connectivity index (χ4n) is 1.82. The van der Waals surface area contributed by atoms with Crippen LogP contribution in [0, 0.1) is 0 Å². The predicted molar refractivity (Wildman–Crippen MR) is 98.1 cm³/mol. The molecule has 0 spiro atoms. The molecule has 0 amide bonds. The monoisotopic (exact) mass is 346 g/mol. The largest absolute Gasteiger partial charge is 0.478 e. The second kappa shape index (κ2) is 9.02. The van der Waals surface area contributed by atoms with E-state index in [1.807, 2.05) is 6.92 Å². The normalized spacial score (nSPS) is 9.64. The third-order valence-corrected chi connectivity index (χ3v) is 3.04. The van der Waals surface area contributed by atoms with Crippen molar-refractivity contribution in [3.05, 3.63) is 47.5 Å². The number of hydrogen-bond donors (Lipinski definition) is 5. The minimum Gasteiger partial charge on any atom is -0.478 e. The van der Waals surface area contributed by atoms with Crippen molar-refractivity contribution in [3.63, 3.8) is 0 Å². The molecule has 0 unspecified atom stereocenters. The van der Waals surface area contributed by atoms with Crippen molar-refractivity contribution in [2.75, 3.05) is 29.5 Å². The van der Waals surface area contributed by atoms with Crippen molar-refractivity contribution in [1.29, 1.82) is 0 Å². The van der Waals surface area contributed by atoms with Crippen LogP contribution in [0.2, 0.25) is 0 Å². The number of esters is 1. The molecule has 0 aliphatic carbocycles. The first kappa shape index (κ1) is 19.6. The van der Waals surface area contributed by atoms with Crippen LogP contribution in [-0.4, -0.2) is 23.7 Å². The van der Waals surface area contributed by atoms with E-state index in [9.17, 15) is 9.59 Å². The topological polar surface area (TPSA) is 168 Å². The molecule has 0 saturated heterocycles. The zero-order valence-electron chi connectivity index (χ0n) is 13.9. The van der Waals surface area contributed by atoms with Crippen molar-refractivity contribution in [3.8, 4) is 0 Å². The number of anilines is 4. The maximum absolute atomic E-state index is 11.4. The second-order valence-electron chi connectivity index (χ2n) is 5.13. The number of benzene rings is 2. The summed E-state index contributed by atoms with van der Waals surface area (Å²) in [6, 6.07) is 9.04. The minimum absolute atomic E-state index is 0.0826. The Hall–Kier alpha value is -3.42. The summed E-state index contributed by atoms with van der Waals surface area (Å²) in [5.74, 6) is -1.44. The summed E-state index contributed by atoms with van der Waals surface area (Å²) in [4.78, 5) is 21.8. The third-order valence-electron chi connectivity index (χ3n) is 3.04. The molecule has 0 atom stereocenters. The van der Waals surface area contributed by atoms with Gasteiger partial charge in [-0.1, -0.05) is 6.92 Å². The number of rotatable bonds is 4. The highest BCUT2D eigenvalue weighted by atomic mass is 16.5. The molecule has 0 aliphatic rings. The maximum atomic E-state index is 11.4. The summed E-state index contributed by atoms with van der Waals surface area (Å²) in [6.07, 6.45) is 0.792. The first-order valence-corrected chi connectivity index (χ1v) is 7.46. The SMILES string of the molecule is CCCOC(=O)c1ccc(N)cc1N.Nc1ccc(C(=O)O)c(N)c1. The summed E-state index contributed by atoms with van der Waals surface area (Å²) >= 11 is 0. The van der Waals surface area contributed by atoms with Gasteiger partial charge < -0.3 is 32.8 Å². The number of carbonyl (C=O) groups is 2. The molecule has 9 N–H and O–H groups in total. The number of carboxylic acid groups (broad SMARTS) is 1. The van der Waals surface area contributed by atoms with Gasteiger partial charge in [0.2, 0.25) is 0 Å². The van der Waals surface area contributed by atoms with Gasteiger partial charge >= 0.3 is 11.9 Å². The Morgan fingerprint density at radius 1 is 0.920 bits per heavy atom. The van der Waals surface area contributed by atoms with Crippen LogP contribution in [0.3, 0.4) is 0 Å². The summed E-state index contributed by atoms with van der Waals surface area (Å²) in [7, 11) is 0. The Morgan fingerprint density at radius 3 is 1.80 bits per heavy atom. The van der Waals surface area contributed by atoms with Crippen molar-refractivity contribution in [2.45, 2.75) is 13.3 Å². The van der Waals surface area contributed by atoms with Crippen LogP contribution in [0.4, 0.5) is 22.7 Å². The molecule has 0 radical (unpaired) electrons. The summed E-state index contributed by atoms with van der Waals surface area (Å²) in [5.41, 5.74) is 23.8. The van der Waals surface area contributed by atoms with Gasteiger partial charge in [0.05, 0.1) is 17.7 Å². The lowest BCUT2D eigenvalue weighted by Gasteiger charge is -2.06. The molecule has 25 heavy (non-hydrogen) atoms. The summed E-state index contributed by atoms with van der Waals surface area (Å²) in [5, 5.41) is 8.54. The maximum Gasteiger partial charge on any atom is 0.340 e. The van der Waals surface area contributed by atoms with E-state index in [0.29, 0.717) is 29.2 Å². The van der Waals surface area contributed by atoms with Gasteiger partial charge in [-0.05, 0) is 42.8 Å². The lowest BCUT2D eigenvalue weighted by atomic mass is 10.1. The molecule has 8 nitrogen and oxygen atoms in total. The average Bonchev–Trinajstić information content (AvgIpc) is 2.52. The van der Waals surface area contributed by atoms with E-state index in [4.69, 9.17) is 32.8 Å². The molecule has 0 aromatic heterocycles. The minimum atomic E-state index is -1.04. The average molecular weight is 346 g/mol. The highest BCUT2D eigenvalue weighted by Crippen LogP contribution is 2.16. The Bertz CT molecular complexity index is 762. The Morgan fingerprint density at radius 2 is 1.40 bits per heavy atom. The number of hydrogen-bond acceptors (Lipinski definition) is 7. The highest BCUT2D eigenvalue weighted by Gasteiger charge is 2.10. The van der Waals surface area contributed by atoms with Gasteiger partial charge in [0, 0.05) is 22.7 Å². The Kier molecular flexibility index (Phi) is 7.08. The van der Waals surface area contributed by atoms with Gasteiger partial charge in [-0.25, -0.2) is 9.59 Å². The van der Waals surface area contributed by atoms with E-state index in [2.05, 4.69) is 0 Å². The summed E-state index contributed by atoms with van der Waals surface area (Å²) < 4.78 is 4.94. The van der Waals surface area contributed by atoms with Gasteiger partial charge in [-0.15, -0.1) is 0 Å². The van der Waals surface area contributed by atoms with Gasteiger partial charge in [0.1, 0.15) is 0 Å². The lowest BCUT2D eigenvalue weighted by molar-refractivity contribution is 0.0506. The fourth-order valence-corrected chi connectivity index (χ4v) is 1.82. The molecule has 8 heteroatoms. The van der Waals surface area contributed by atoms with Gasteiger partial charge in [0.25, 0.3) is 0 Å².